The van der Waals surface area contributed by atoms with E-state index in [4.69, 9.17) is 23.2 Å². The topological polar surface area (TPSA) is 66.9 Å². The molecule has 0 bridgehead atoms. The number of hydrogen-bond acceptors (Lipinski definition) is 4. The van der Waals surface area contributed by atoms with Crippen molar-refractivity contribution in [3.8, 4) is 0 Å². The third-order valence-corrected chi connectivity index (χ3v) is 2.43. The quantitative estimate of drug-likeness (QED) is 0.603. The van der Waals surface area contributed by atoms with E-state index in [0.29, 0.717) is 18.9 Å². The lowest BCUT2D eigenvalue weighted by molar-refractivity contribution is -0.121. The van der Waals surface area contributed by atoms with Crippen molar-refractivity contribution >= 4 is 34.9 Å². The van der Waals surface area contributed by atoms with E-state index in [9.17, 15) is 4.79 Å². The van der Waals surface area contributed by atoms with Crippen LogP contribution in [0.3, 0.4) is 0 Å². The fourth-order valence-corrected chi connectivity index (χ4v) is 1.57. The van der Waals surface area contributed by atoms with Crippen molar-refractivity contribution in [2.45, 2.75) is 0 Å². The monoisotopic (exact) mass is 246 g/mol. The molecular formula is C8H8Cl2N4O. The largest absolute Gasteiger partial charge is 0.315 e. The zero-order chi connectivity index (χ0) is 10.8. The minimum atomic E-state index is -0.0837. The van der Waals surface area contributed by atoms with Crippen molar-refractivity contribution < 1.29 is 4.79 Å². The van der Waals surface area contributed by atoms with Gasteiger partial charge in [-0.05, 0) is 11.6 Å². The fraction of sp³-hybridized carbons (Fsp3) is 0.375. The van der Waals surface area contributed by atoms with Gasteiger partial charge in [-0.25, -0.2) is 9.97 Å². The maximum atomic E-state index is 11.5. The van der Waals surface area contributed by atoms with E-state index in [1.165, 1.54) is 6.07 Å². The number of halogens is 2. The molecule has 1 saturated heterocycles. The summed E-state index contributed by atoms with van der Waals surface area (Å²) in [6.07, 6.45) is 0. The number of rotatable bonds is 2. The minimum Gasteiger partial charge on any atom is -0.315 e. The Morgan fingerprint density at radius 2 is 2.20 bits per heavy atom. The molecule has 0 aliphatic carbocycles. The average Bonchev–Trinajstić information content (AvgIpc) is 1.96. The summed E-state index contributed by atoms with van der Waals surface area (Å²) < 4.78 is 0. The molecule has 1 aliphatic rings. The number of nitrogens with one attached hydrogen (secondary N) is 2. The molecule has 1 aliphatic heterocycles. The standard InChI is InChI=1S/C8H8Cl2N4O/c9-5-1-6(14-8(10)12-5)13-7(15)4-2-11-3-4/h1,4,11H,2-3H2,(H,12,13,14,15). The third-order valence-electron chi connectivity index (χ3n) is 2.07. The van der Waals surface area contributed by atoms with Gasteiger partial charge in [-0.15, -0.1) is 0 Å². The minimum absolute atomic E-state index is 0.00230. The van der Waals surface area contributed by atoms with E-state index in [-0.39, 0.29) is 22.3 Å². The van der Waals surface area contributed by atoms with Gasteiger partial charge in [-0.3, -0.25) is 4.79 Å². The van der Waals surface area contributed by atoms with Crippen molar-refractivity contribution in [1.82, 2.24) is 15.3 Å². The Labute approximate surface area is 96.2 Å². The van der Waals surface area contributed by atoms with E-state index < -0.39 is 0 Å². The summed E-state index contributed by atoms with van der Waals surface area (Å²) in [5.41, 5.74) is 0. The Kier molecular flexibility index (Phi) is 3.04. The summed E-state index contributed by atoms with van der Waals surface area (Å²) in [7, 11) is 0. The normalized spacial score (nSPS) is 15.9. The maximum Gasteiger partial charge on any atom is 0.231 e. The second-order valence-electron chi connectivity index (χ2n) is 3.19. The van der Waals surface area contributed by atoms with Gasteiger partial charge in [0.2, 0.25) is 11.2 Å². The van der Waals surface area contributed by atoms with Gasteiger partial charge in [0.05, 0.1) is 5.92 Å². The highest BCUT2D eigenvalue weighted by atomic mass is 35.5. The van der Waals surface area contributed by atoms with Gasteiger partial charge in [-0.2, -0.15) is 0 Å². The van der Waals surface area contributed by atoms with Crippen LogP contribution in [-0.4, -0.2) is 29.0 Å². The van der Waals surface area contributed by atoms with Crippen molar-refractivity contribution in [3.05, 3.63) is 16.5 Å². The Morgan fingerprint density at radius 1 is 1.47 bits per heavy atom. The van der Waals surface area contributed by atoms with Gasteiger partial charge in [-0.1, -0.05) is 11.6 Å². The average molecular weight is 247 g/mol. The molecule has 2 N–H and O–H groups in total. The summed E-state index contributed by atoms with van der Waals surface area (Å²) in [5.74, 6) is 0.244. The van der Waals surface area contributed by atoms with Gasteiger partial charge < -0.3 is 10.6 Å². The molecule has 15 heavy (non-hydrogen) atoms. The second-order valence-corrected chi connectivity index (χ2v) is 3.91. The van der Waals surface area contributed by atoms with Crippen LogP contribution in [0, 0.1) is 5.92 Å². The van der Waals surface area contributed by atoms with Gasteiger partial charge in [0.1, 0.15) is 11.0 Å². The Balaban J connectivity index is 2.06. The van der Waals surface area contributed by atoms with Crippen molar-refractivity contribution in [1.29, 1.82) is 0 Å². The van der Waals surface area contributed by atoms with Gasteiger partial charge in [0, 0.05) is 19.2 Å². The lowest BCUT2D eigenvalue weighted by Crippen LogP contribution is -2.48. The highest BCUT2D eigenvalue weighted by Crippen LogP contribution is 2.15. The Morgan fingerprint density at radius 3 is 2.73 bits per heavy atom. The van der Waals surface area contributed by atoms with E-state index >= 15 is 0 Å². The number of aromatic nitrogens is 2. The first-order valence-electron chi connectivity index (χ1n) is 4.37. The highest BCUT2D eigenvalue weighted by molar-refractivity contribution is 6.32. The number of anilines is 1. The smallest absolute Gasteiger partial charge is 0.231 e. The van der Waals surface area contributed by atoms with Gasteiger partial charge in [0.15, 0.2) is 0 Å². The molecule has 1 aromatic heterocycles. The van der Waals surface area contributed by atoms with Crippen LogP contribution in [0.1, 0.15) is 0 Å². The molecule has 0 atom stereocenters. The zero-order valence-corrected chi connectivity index (χ0v) is 9.14. The van der Waals surface area contributed by atoms with Crippen LogP contribution in [0.15, 0.2) is 6.07 Å². The van der Waals surface area contributed by atoms with Gasteiger partial charge in [0.25, 0.3) is 0 Å². The SMILES string of the molecule is O=C(Nc1cc(Cl)nc(Cl)n1)C1CNC1. The van der Waals surface area contributed by atoms with E-state index in [0.717, 1.165) is 0 Å². The molecule has 1 amide bonds. The fourth-order valence-electron chi connectivity index (χ4n) is 1.16. The zero-order valence-electron chi connectivity index (χ0n) is 7.63. The molecule has 0 spiro atoms. The van der Waals surface area contributed by atoms with Crippen LogP contribution in [0.4, 0.5) is 5.82 Å². The highest BCUT2D eigenvalue weighted by Gasteiger charge is 2.25. The molecule has 7 heteroatoms. The van der Waals surface area contributed by atoms with Crippen LogP contribution in [0.25, 0.3) is 0 Å². The second kappa shape index (κ2) is 4.30. The van der Waals surface area contributed by atoms with Crippen LogP contribution in [0.5, 0.6) is 0 Å². The molecule has 0 unspecified atom stereocenters. The Hall–Kier alpha value is -0.910. The van der Waals surface area contributed by atoms with E-state index in [1.807, 2.05) is 0 Å². The summed E-state index contributed by atoms with van der Waals surface area (Å²) in [4.78, 5) is 19.0. The predicted molar refractivity (Wildman–Crippen MR) is 57.0 cm³/mol. The summed E-state index contributed by atoms with van der Waals surface area (Å²) in [6, 6.07) is 1.46. The van der Waals surface area contributed by atoms with Crippen LogP contribution in [0.2, 0.25) is 10.4 Å². The first kappa shape index (κ1) is 10.6. The van der Waals surface area contributed by atoms with Crippen LogP contribution < -0.4 is 10.6 Å². The van der Waals surface area contributed by atoms with Crippen molar-refractivity contribution in [3.63, 3.8) is 0 Å². The van der Waals surface area contributed by atoms with Crippen LogP contribution in [-0.2, 0) is 4.79 Å². The van der Waals surface area contributed by atoms with Crippen molar-refractivity contribution in [2.24, 2.45) is 5.92 Å². The summed E-state index contributed by atoms with van der Waals surface area (Å²) in [6.45, 7) is 1.39. The summed E-state index contributed by atoms with van der Waals surface area (Å²) in [5, 5.41) is 5.86. The lowest BCUT2D eigenvalue weighted by atomic mass is 10.0. The number of nitrogens with zero attached hydrogens (tertiary/aromatic N) is 2. The molecule has 0 saturated carbocycles. The molecule has 2 rings (SSSR count). The first-order chi connectivity index (χ1) is 7.15. The van der Waals surface area contributed by atoms with Crippen molar-refractivity contribution in [2.75, 3.05) is 18.4 Å². The molecule has 1 fully saturated rings. The molecule has 0 aromatic carbocycles. The molecule has 5 nitrogen and oxygen atoms in total. The van der Waals surface area contributed by atoms with E-state index in [1.54, 1.807) is 0 Å². The third kappa shape index (κ3) is 2.56. The number of carbonyl (C=O) groups excluding carboxylic acids is 1. The Bertz CT molecular complexity index is 374. The summed E-state index contributed by atoms with van der Waals surface area (Å²) >= 11 is 11.3. The predicted octanol–water partition coefficient (Wildman–Crippen LogP) is 0.941. The molecule has 80 valence electrons. The van der Waals surface area contributed by atoms with Gasteiger partial charge >= 0.3 is 0 Å². The number of amides is 1. The molecule has 1 aromatic rings. The van der Waals surface area contributed by atoms with E-state index in [2.05, 4.69) is 20.6 Å². The number of hydrogen-bond donors (Lipinski definition) is 2. The number of carbonyl (C=O) groups is 1. The lowest BCUT2D eigenvalue weighted by Gasteiger charge is -2.25. The molecule has 0 radical (unpaired) electrons. The maximum absolute atomic E-state index is 11.5. The molecule has 2 heterocycles. The molecular weight excluding hydrogens is 239 g/mol. The van der Waals surface area contributed by atoms with Crippen LogP contribution >= 0.6 is 23.2 Å². The first-order valence-corrected chi connectivity index (χ1v) is 5.12.